The highest BCUT2D eigenvalue weighted by molar-refractivity contribution is 6.31. The summed E-state index contributed by atoms with van der Waals surface area (Å²) in [7, 11) is 0. The van der Waals surface area contributed by atoms with Gasteiger partial charge in [0.05, 0.1) is 6.10 Å². The lowest BCUT2D eigenvalue weighted by Gasteiger charge is -2.13. The minimum Gasteiger partial charge on any atom is -0.388 e. The summed E-state index contributed by atoms with van der Waals surface area (Å²) in [4.78, 5) is 0. The number of aliphatic hydroxyl groups is 1. The van der Waals surface area contributed by atoms with E-state index in [4.69, 9.17) is 11.6 Å². The van der Waals surface area contributed by atoms with E-state index >= 15 is 0 Å². The molecule has 0 spiro atoms. The maximum absolute atomic E-state index is 9.73. The Morgan fingerprint density at radius 2 is 2.00 bits per heavy atom. The van der Waals surface area contributed by atoms with Crippen LogP contribution >= 0.6 is 11.6 Å². The Morgan fingerprint density at radius 3 is 2.50 bits per heavy atom. The Kier molecular flexibility index (Phi) is 3.97. The molecule has 1 unspecified atom stereocenters. The van der Waals surface area contributed by atoms with Crippen LogP contribution in [0.5, 0.6) is 0 Å². The molecule has 1 rings (SSSR count). The Hall–Kier alpha value is -0.530. The molecule has 0 heterocycles. The zero-order valence-corrected chi connectivity index (χ0v) is 9.67. The maximum atomic E-state index is 9.73. The fourth-order valence-electron chi connectivity index (χ4n) is 1.40. The molecule has 1 nitrogen and oxygen atoms in total. The lowest BCUT2D eigenvalue weighted by atomic mass is 9.98. The highest BCUT2D eigenvalue weighted by Gasteiger charge is 2.11. The van der Waals surface area contributed by atoms with Gasteiger partial charge < -0.3 is 5.11 Å². The second kappa shape index (κ2) is 4.81. The van der Waals surface area contributed by atoms with Crippen molar-refractivity contribution >= 4 is 11.6 Å². The smallest absolute Gasteiger partial charge is 0.0801 e. The first-order chi connectivity index (χ1) is 6.56. The number of aliphatic hydroxyl groups excluding tert-OH is 1. The van der Waals surface area contributed by atoms with Crippen LogP contribution in [0.1, 0.15) is 50.3 Å². The second-order valence-electron chi connectivity index (χ2n) is 3.86. The first kappa shape index (κ1) is 11.5. The maximum Gasteiger partial charge on any atom is 0.0801 e. The van der Waals surface area contributed by atoms with Crippen molar-refractivity contribution in [3.05, 3.63) is 34.3 Å². The van der Waals surface area contributed by atoms with Gasteiger partial charge in [-0.15, -0.1) is 0 Å². The van der Waals surface area contributed by atoms with Gasteiger partial charge in [0.2, 0.25) is 0 Å². The third-order valence-electron chi connectivity index (χ3n) is 2.43. The molecule has 0 bridgehead atoms. The van der Waals surface area contributed by atoms with Gasteiger partial charge in [0.15, 0.2) is 0 Å². The molecule has 0 aromatic heterocycles. The number of hydrogen-bond donors (Lipinski definition) is 1. The van der Waals surface area contributed by atoms with E-state index in [1.165, 1.54) is 5.56 Å². The quantitative estimate of drug-likeness (QED) is 0.806. The molecule has 2 heteroatoms. The van der Waals surface area contributed by atoms with E-state index in [0.29, 0.717) is 17.4 Å². The zero-order valence-electron chi connectivity index (χ0n) is 8.92. The van der Waals surface area contributed by atoms with E-state index in [-0.39, 0.29) is 0 Å². The van der Waals surface area contributed by atoms with Crippen molar-refractivity contribution in [1.29, 1.82) is 0 Å². The van der Waals surface area contributed by atoms with Gasteiger partial charge in [-0.05, 0) is 29.5 Å². The molecule has 0 saturated heterocycles. The van der Waals surface area contributed by atoms with Crippen molar-refractivity contribution in [3.8, 4) is 0 Å². The Morgan fingerprint density at radius 1 is 1.36 bits per heavy atom. The molecule has 1 N–H and O–H groups in total. The molecule has 0 aliphatic carbocycles. The highest BCUT2D eigenvalue weighted by Crippen LogP contribution is 2.28. The fourth-order valence-corrected chi connectivity index (χ4v) is 1.64. The summed E-state index contributed by atoms with van der Waals surface area (Å²) in [6.45, 7) is 6.21. The van der Waals surface area contributed by atoms with Gasteiger partial charge >= 0.3 is 0 Å². The van der Waals surface area contributed by atoms with E-state index in [2.05, 4.69) is 13.8 Å². The summed E-state index contributed by atoms with van der Waals surface area (Å²) in [6.07, 6.45) is 0.252. The molecule has 0 fully saturated rings. The van der Waals surface area contributed by atoms with E-state index in [0.717, 1.165) is 5.56 Å². The standard InChI is InChI=1S/C12H17ClO/c1-4-12(14)10-7-9(8(2)3)5-6-11(10)13/h5-8,12,14H,4H2,1-3H3. The van der Waals surface area contributed by atoms with Crippen LogP contribution in [-0.2, 0) is 0 Å². The van der Waals surface area contributed by atoms with Crippen LogP contribution in [0.25, 0.3) is 0 Å². The van der Waals surface area contributed by atoms with Crippen molar-refractivity contribution in [2.24, 2.45) is 0 Å². The van der Waals surface area contributed by atoms with Gasteiger partial charge in [0.25, 0.3) is 0 Å². The summed E-state index contributed by atoms with van der Waals surface area (Å²) in [6, 6.07) is 5.88. The molecule has 78 valence electrons. The normalized spacial score (nSPS) is 13.3. The molecule has 1 aromatic rings. The highest BCUT2D eigenvalue weighted by atomic mass is 35.5. The molecule has 0 saturated carbocycles. The second-order valence-corrected chi connectivity index (χ2v) is 4.27. The molecular formula is C12H17ClO. The largest absolute Gasteiger partial charge is 0.388 e. The van der Waals surface area contributed by atoms with Crippen molar-refractivity contribution in [2.45, 2.75) is 39.2 Å². The van der Waals surface area contributed by atoms with Crippen LogP contribution in [-0.4, -0.2) is 5.11 Å². The molecule has 0 radical (unpaired) electrons. The Balaban J connectivity index is 3.08. The average Bonchev–Trinajstić information content (AvgIpc) is 2.17. The molecule has 0 amide bonds. The number of rotatable bonds is 3. The van der Waals surface area contributed by atoms with Gasteiger partial charge in [0, 0.05) is 5.02 Å². The summed E-state index contributed by atoms with van der Waals surface area (Å²) >= 11 is 6.01. The number of benzene rings is 1. The number of halogens is 1. The van der Waals surface area contributed by atoms with E-state index in [1.54, 1.807) is 0 Å². The monoisotopic (exact) mass is 212 g/mol. The van der Waals surface area contributed by atoms with Crippen molar-refractivity contribution in [3.63, 3.8) is 0 Å². The van der Waals surface area contributed by atoms with E-state index < -0.39 is 6.10 Å². The first-order valence-electron chi connectivity index (χ1n) is 5.03. The van der Waals surface area contributed by atoms with Gasteiger partial charge in [0.1, 0.15) is 0 Å². The molecule has 0 aliphatic rings. The summed E-state index contributed by atoms with van der Waals surface area (Å²) < 4.78 is 0. The predicted octanol–water partition coefficient (Wildman–Crippen LogP) is 3.91. The SMILES string of the molecule is CCC(O)c1cc(C(C)C)ccc1Cl. The van der Waals surface area contributed by atoms with E-state index in [9.17, 15) is 5.11 Å². The molecule has 14 heavy (non-hydrogen) atoms. The van der Waals surface area contributed by atoms with Crippen LogP contribution in [0.3, 0.4) is 0 Å². The average molecular weight is 213 g/mol. The molecule has 0 aliphatic heterocycles. The minimum atomic E-state index is -0.443. The van der Waals surface area contributed by atoms with Gasteiger partial charge in [-0.3, -0.25) is 0 Å². The third kappa shape index (κ3) is 2.49. The van der Waals surface area contributed by atoms with E-state index in [1.807, 2.05) is 25.1 Å². The van der Waals surface area contributed by atoms with Crippen molar-refractivity contribution < 1.29 is 5.11 Å². The first-order valence-corrected chi connectivity index (χ1v) is 5.41. The minimum absolute atomic E-state index is 0.443. The fraction of sp³-hybridized carbons (Fsp3) is 0.500. The van der Waals surface area contributed by atoms with Crippen molar-refractivity contribution in [1.82, 2.24) is 0 Å². The van der Waals surface area contributed by atoms with Crippen molar-refractivity contribution in [2.75, 3.05) is 0 Å². The summed E-state index contributed by atoms with van der Waals surface area (Å²) in [5.74, 6) is 0.468. The molecule has 1 atom stereocenters. The Labute approximate surface area is 90.7 Å². The third-order valence-corrected chi connectivity index (χ3v) is 2.78. The summed E-state index contributed by atoms with van der Waals surface area (Å²) in [5.41, 5.74) is 2.07. The van der Waals surface area contributed by atoms with Gasteiger partial charge in [-0.2, -0.15) is 0 Å². The number of hydrogen-bond acceptors (Lipinski definition) is 1. The lowest BCUT2D eigenvalue weighted by Crippen LogP contribution is -1.98. The molecular weight excluding hydrogens is 196 g/mol. The Bertz CT molecular complexity index is 307. The van der Waals surface area contributed by atoms with Crippen LogP contribution in [0, 0.1) is 0 Å². The topological polar surface area (TPSA) is 20.2 Å². The summed E-state index contributed by atoms with van der Waals surface area (Å²) in [5, 5.41) is 10.4. The van der Waals surface area contributed by atoms with Crippen LogP contribution < -0.4 is 0 Å². The lowest BCUT2D eigenvalue weighted by molar-refractivity contribution is 0.173. The van der Waals surface area contributed by atoms with Gasteiger partial charge in [-0.1, -0.05) is 44.5 Å². The zero-order chi connectivity index (χ0) is 10.7. The van der Waals surface area contributed by atoms with Crippen LogP contribution in [0.15, 0.2) is 18.2 Å². The predicted molar refractivity (Wildman–Crippen MR) is 60.8 cm³/mol. The molecule has 1 aromatic carbocycles. The van der Waals surface area contributed by atoms with Gasteiger partial charge in [-0.25, -0.2) is 0 Å². The van der Waals surface area contributed by atoms with Crippen LogP contribution in [0.2, 0.25) is 5.02 Å². The van der Waals surface area contributed by atoms with Crippen LogP contribution in [0.4, 0.5) is 0 Å².